The Balaban J connectivity index is 1.88. The van der Waals surface area contributed by atoms with Crippen LogP contribution in [0.2, 0.25) is 0 Å². The molecule has 2 N–H and O–H groups in total. The molecular formula is C17H13N5O2. The van der Waals surface area contributed by atoms with Crippen LogP contribution in [0.1, 0.15) is 0 Å². The lowest BCUT2D eigenvalue weighted by Crippen LogP contribution is -2.00. The molecule has 0 aliphatic carbocycles. The molecule has 1 heterocycles. The highest BCUT2D eigenvalue weighted by molar-refractivity contribution is 5.61. The highest BCUT2D eigenvalue weighted by Gasteiger charge is 2.02. The smallest absolute Gasteiger partial charge is 0.250 e. The van der Waals surface area contributed by atoms with Crippen LogP contribution in [0, 0.1) is 0 Å². The summed E-state index contributed by atoms with van der Waals surface area (Å²) >= 11 is 0. The predicted molar refractivity (Wildman–Crippen MR) is 90.0 cm³/mol. The van der Waals surface area contributed by atoms with Gasteiger partial charge in [-0.2, -0.15) is 5.11 Å². The fourth-order valence-corrected chi connectivity index (χ4v) is 1.88. The number of azo groups is 2. The van der Waals surface area contributed by atoms with E-state index in [0.29, 0.717) is 11.4 Å². The van der Waals surface area contributed by atoms with Crippen molar-refractivity contribution in [2.45, 2.75) is 0 Å². The Kier molecular flexibility index (Phi) is 4.52. The highest BCUT2D eigenvalue weighted by atomic mass is 16.3. The molecule has 0 amide bonds. The fraction of sp³-hybridized carbons (Fsp3) is 0. The Morgan fingerprint density at radius 3 is 1.92 bits per heavy atom. The van der Waals surface area contributed by atoms with Gasteiger partial charge in [-0.3, -0.25) is 9.78 Å². The van der Waals surface area contributed by atoms with Gasteiger partial charge in [0.15, 0.2) is 0 Å². The summed E-state index contributed by atoms with van der Waals surface area (Å²) in [6.45, 7) is 0. The van der Waals surface area contributed by atoms with Gasteiger partial charge in [-0.15, -0.1) is 15.3 Å². The number of H-pyrrole nitrogens is 1. The predicted octanol–water partition coefficient (Wildman–Crippen LogP) is 4.91. The molecule has 118 valence electrons. The summed E-state index contributed by atoms with van der Waals surface area (Å²) in [5, 5.41) is 26.0. The van der Waals surface area contributed by atoms with Crippen molar-refractivity contribution >= 4 is 22.7 Å². The van der Waals surface area contributed by atoms with Crippen molar-refractivity contribution in [3.63, 3.8) is 0 Å². The van der Waals surface area contributed by atoms with Crippen molar-refractivity contribution < 1.29 is 5.11 Å². The van der Waals surface area contributed by atoms with E-state index in [-0.39, 0.29) is 11.6 Å². The number of nitrogens with one attached hydrogen (secondary N) is 1. The van der Waals surface area contributed by atoms with Gasteiger partial charge in [0, 0.05) is 6.07 Å². The van der Waals surface area contributed by atoms with Crippen molar-refractivity contribution in [2.75, 3.05) is 0 Å². The highest BCUT2D eigenvalue weighted by Crippen LogP contribution is 2.31. The van der Waals surface area contributed by atoms with Crippen molar-refractivity contribution in [1.82, 2.24) is 4.98 Å². The first-order valence-electron chi connectivity index (χ1n) is 7.12. The second-order valence-electron chi connectivity index (χ2n) is 4.78. The monoisotopic (exact) mass is 319 g/mol. The summed E-state index contributed by atoms with van der Waals surface area (Å²) in [6.07, 6.45) is 0. The maximum atomic E-state index is 11.1. The molecule has 3 aromatic rings. The third-order valence-electron chi connectivity index (χ3n) is 3.05. The van der Waals surface area contributed by atoms with Crippen LogP contribution in [-0.4, -0.2) is 10.1 Å². The summed E-state index contributed by atoms with van der Waals surface area (Å²) in [4.78, 5) is 13.3. The Morgan fingerprint density at radius 2 is 1.25 bits per heavy atom. The average Bonchev–Trinajstić information content (AvgIpc) is 2.61. The zero-order valence-corrected chi connectivity index (χ0v) is 12.5. The molecule has 0 aliphatic heterocycles. The van der Waals surface area contributed by atoms with Gasteiger partial charge in [-0.1, -0.05) is 30.3 Å². The largest absolute Gasteiger partial charge is 0.493 e. The van der Waals surface area contributed by atoms with Gasteiger partial charge in [0.2, 0.25) is 5.88 Å². The maximum Gasteiger partial charge on any atom is 0.250 e. The number of benzene rings is 2. The van der Waals surface area contributed by atoms with E-state index in [4.69, 9.17) is 0 Å². The van der Waals surface area contributed by atoms with Crippen LogP contribution in [-0.2, 0) is 0 Å². The quantitative estimate of drug-likeness (QED) is 0.667. The standard InChI is InChI=1S/C17H13N5O2/c23-16-11-10-15(17(24)18-16)22-21-14-9-5-4-8-13(14)20-19-12-6-2-1-3-7-12/h1-11H,(H2,18,23,24). The van der Waals surface area contributed by atoms with E-state index in [2.05, 4.69) is 25.4 Å². The molecular weight excluding hydrogens is 306 g/mol. The summed E-state index contributed by atoms with van der Waals surface area (Å²) in [5.74, 6) is -0.338. The van der Waals surface area contributed by atoms with Crippen molar-refractivity contribution in [1.29, 1.82) is 0 Å². The van der Waals surface area contributed by atoms with Crippen LogP contribution in [0.4, 0.5) is 22.7 Å². The van der Waals surface area contributed by atoms with Crippen molar-refractivity contribution in [3.8, 4) is 5.88 Å². The topological polar surface area (TPSA) is 103 Å². The molecule has 0 fully saturated rings. The average molecular weight is 319 g/mol. The van der Waals surface area contributed by atoms with E-state index in [9.17, 15) is 9.90 Å². The molecule has 2 aromatic carbocycles. The van der Waals surface area contributed by atoms with E-state index in [1.807, 2.05) is 36.4 Å². The Morgan fingerprint density at radius 1 is 0.667 bits per heavy atom. The Labute approximate surface area is 137 Å². The molecule has 0 radical (unpaired) electrons. The minimum atomic E-state index is -0.413. The number of aromatic hydroxyl groups is 1. The zero-order valence-electron chi connectivity index (χ0n) is 12.5. The number of aromatic amines is 1. The van der Waals surface area contributed by atoms with Gasteiger partial charge >= 0.3 is 0 Å². The van der Waals surface area contributed by atoms with Crippen LogP contribution >= 0.6 is 0 Å². The van der Waals surface area contributed by atoms with E-state index in [0.717, 1.165) is 5.69 Å². The van der Waals surface area contributed by atoms with Gasteiger partial charge < -0.3 is 5.11 Å². The number of hydrogen-bond donors (Lipinski definition) is 2. The molecule has 0 aliphatic rings. The second-order valence-corrected chi connectivity index (χ2v) is 4.78. The molecule has 0 saturated heterocycles. The molecule has 0 unspecified atom stereocenters. The third-order valence-corrected chi connectivity index (χ3v) is 3.05. The second kappa shape index (κ2) is 7.10. The van der Waals surface area contributed by atoms with E-state index >= 15 is 0 Å². The number of rotatable bonds is 4. The lowest BCUT2D eigenvalue weighted by molar-refractivity contribution is 0.453. The van der Waals surface area contributed by atoms with Crippen LogP contribution in [0.5, 0.6) is 5.88 Å². The molecule has 0 spiro atoms. The van der Waals surface area contributed by atoms with Crippen molar-refractivity contribution in [3.05, 3.63) is 77.1 Å². The zero-order chi connectivity index (χ0) is 16.8. The van der Waals surface area contributed by atoms with Crippen LogP contribution < -0.4 is 5.56 Å². The SMILES string of the molecule is O=c1ccc(N=Nc2ccccc2N=Nc2ccccc2)c(O)[nH]1. The molecule has 3 rings (SSSR count). The van der Waals surface area contributed by atoms with Gasteiger partial charge in [0.1, 0.15) is 17.1 Å². The van der Waals surface area contributed by atoms with E-state index in [1.165, 1.54) is 12.1 Å². The summed E-state index contributed by atoms with van der Waals surface area (Å²) < 4.78 is 0. The van der Waals surface area contributed by atoms with Crippen LogP contribution in [0.3, 0.4) is 0 Å². The van der Waals surface area contributed by atoms with Gasteiger partial charge in [-0.25, -0.2) is 0 Å². The third kappa shape index (κ3) is 3.77. The van der Waals surface area contributed by atoms with E-state index in [1.54, 1.807) is 18.2 Å². The minimum Gasteiger partial charge on any atom is -0.493 e. The number of aromatic nitrogens is 1. The Hall–Kier alpha value is -3.61. The van der Waals surface area contributed by atoms with Gasteiger partial charge in [-0.05, 0) is 30.3 Å². The molecule has 7 nitrogen and oxygen atoms in total. The lowest BCUT2D eigenvalue weighted by atomic mass is 10.3. The van der Waals surface area contributed by atoms with E-state index < -0.39 is 5.56 Å². The molecule has 0 bridgehead atoms. The Bertz CT molecular complexity index is 948. The summed E-state index contributed by atoms with van der Waals surface area (Å²) in [5.41, 5.74) is 1.49. The summed E-state index contributed by atoms with van der Waals surface area (Å²) in [6, 6.07) is 19.1. The first kappa shape index (κ1) is 15.3. The van der Waals surface area contributed by atoms with Crippen molar-refractivity contribution in [2.24, 2.45) is 20.5 Å². The van der Waals surface area contributed by atoms with Gasteiger partial charge in [0.25, 0.3) is 5.56 Å². The number of pyridine rings is 1. The molecule has 7 heteroatoms. The number of hydrogen-bond acceptors (Lipinski definition) is 6. The maximum absolute atomic E-state index is 11.1. The fourth-order valence-electron chi connectivity index (χ4n) is 1.88. The van der Waals surface area contributed by atoms with Crippen LogP contribution in [0.15, 0.2) is 92.0 Å². The lowest BCUT2D eigenvalue weighted by Gasteiger charge is -1.99. The van der Waals surface area contributed by atoms with Crippen LogP contribution in [0.25, 0.3) is 0 Å². The molecule has 1 aromatic heterocycles. The first-order valence-corrected chi connectivity index (χ1v) is 7.12. The first-order chi connectivity index (χ1) is 11.7. The number of nitrogens with zero attached hydrogens (tertiary/aromatic N) is 4. The molecule has 24 heavy (non-hydrogen) atoms. The summed E-state index contributed by atoms with van der Waals surface area (Å²) in [7, 11) is 0. The molecule has 0 atom stereocenters. The normalized spacial score (nSPS) is 11.3. The van der Waals surface area contributed by atoms with Gasteiger partial charge in [0.05, 0.1) is 5.69 Å². The minimum absolute atomic E-state index is 0.157. The molecule has 0 saturated carbocycles.